The highest BCUT2D eigenvalue weighted by Crippen LogP contribution is 2.27. The molecule has 90 valence electrons. The van der Waals surface area contributed by atoms with Gasteiger partial charge in [-0.15, -0.1) is 0 Å². The molecular formula is C10H15NO4S. The summed E-state index contributed by atoms with van der Waals surface area (Å²) in [5.74, 6) is 0.464. The quantitative estimate of drug-likeness (QED) is 0.776. The van der Waals surface area contributed by atoms with E-state index in [4.69, 9.17) is 4.42 Å². The summed E-state index contributed by atoms with van der Waals surface area (Å²) < 4.78 is 30.4. The lowest BCUT2D eigenvalue weighted by atomic mass is 10.2. The van der Waals surface area contributed by atoms with Crippen molar-refractivity contribution in [2.75, 3.05) is 6.54 Å². The smallest absolute Gasteiger partial charge is 0.214 e. The highest BCUT2D eigenvalue weighted by atomic mass is 32.2. The second kappa shape index (κ2) is 4.57. The van der Waals surface area contributed by atoms with Crippen LogP contribution in [0.15, 0.2) is 22.8 Å². The Hall–Kier alpha value is -0.850. The number of hydrogen-bond donors (Lipinski definition) is 2. The molecule has 1 aromatic rings. The summed E-state index contributed by atoms with van der Waals surface area (Å²) >= 11 is 0. The van der Waals surface area contributed by atoms with E-state index in [1.54, 1.807) is 12.1 Å². The van der Waals surface area contributed by atoms with Gasteiger partial charge < -0.3 is 9.52 Å². The second-order valence-corrected chi connectivity index (χ2v) is 6.00. The van der Waals surface area contributed by atoms with Gasteiger partial charge in [0.15, 0.2) is 0 Å². The molecule has 1 atom stereocenters. The van der Waals surface area contributed by atoms with Crippen LogP contribution < -0.4 is 4.72 Å². The summed E-state index contributed by atoms with van der Waals surface area (Å²) in [4.78, 5) is 0. The Morgan fingerprint density at radius 3 is 2.88 bits per heavy atom. The van der Waals surface area contributed by atoms with E-state index in [1.165, 1.54) is 6.26 Å². The number of nitrogens with one attached hydrogen (secondary N) is 1. The molecule has 0 aromatic carbocycles. The lowest BCUT2D eigenvalue weighted by molar-refractivity contribution is 0.141. The van der Waals surface area contributed by atoms with Gasteiger partial charge in [0.1, 0.15) is 11.9 Å². The van der Waals surface area contributed by atoms with E-state index in [1.807, 2.05) is 0 Å². The van der Waals surface area contributed by atoms with Gasteiger partial charge in [0, 0.05) is 6.54 Å². The van der Waals surface area contributed by atoms with Crippen molar-refractivity contribution >= 4 is 10.0 Å². The Morgan fingerprint density at radius 2 is 2.31 bits per heavy atom. The molecule has 0 radical (unpaired) electrons. The van der Waals surface area contributed by atoms with Gasteiger partial charge in [-0.05, 0) is 31.4 Å². The third-order valence-corrected chi connectivity index (χ3v) is 4.51. The topological polar surface area (TPSA) is 79.5 Å². The van der Waals surface area contributed by atoms with E-state index in [9.17, 15) is 13.5 Å². The molecule has 1 fully saturated rings. The third kappa shape index (κ3) is 2.84. The fraction of sp³-hybridized carbons (Fsp3) is 0.600. The average molecular weight is 245 g/mol. The molecule has 1 aromatic heterocycles. The molecule has 5 nitrogen and oxygen atoms in total. The van der Waals surface area contributed by atoms with E-state index in [2.05, 4.69) is 4.72 Å². The fourth-order valence-corrected chi connectivity index (χ4v) is 2.85. The highest BCUT2D eigenvalue weighted by molar-refractivity contribution is 7.90. The van der Waals surface area contributed by atoms with Gasteiger partial charge >= 0.3 is 0 Å². The van der Waals surface area contributed by atoms with E-state index in [-0.39, 0.29) is 11.8 Å². The predicted octanol–water partition coefficient (Wildman–Crippen LogP) is 0.785. The molecule has 1 heterocycles. The van der Waals surface area contributed by atoms with Crippen molar-refractivity contribution < 1.29 is 17.9 Å². The summed E-state index contributed by atoms with van der Waals surface area (Å²) in [5.41, 5.74) is 0. The van der Waals surface area contributed by atoms with Crippen LogP contribution in [0.4, 0.5) is 0 Å². The first-order valence-corrected chi connectivity index (χ1v) is 6.84. The van der Waals surface area contributed by atoms with Crippen molar-refractivity contribution in [3.63, 3.8) is 0 Å². The number of hydrogen-bond acceptors (Lipinski definition) is 4. The summed E-state index contributed by atoms with van der Waals surface area (Å²) in [6.07, 6.45) is 2.54. The molecule has 0 unspecified atom stereocenters. The van der Waals surface area contributed by atoms with Crippen molar-refractivity contribution in [2.45, 2.75) is 30.6 Å². The number of aliphatic hydroxyl groups is 1. The van der Waals surface area contributed by atoms with Gasteiger partial charge in [0.05, 0.1) is 11.5 Å². The number of furan rings is 1. The monoisotopic (exact) mass is 245 g/mol. The van der Waals surface area contributed by atoms with E-state index < -0.39 is 16.1 Å². The molecule has 0 bridgehead atoms. The molecule has 1 aliphatic rings. The Bertz CT molecular complexity index is 422. The lowest BCUT2D eigenvalue weighted by Crippen LogP contribution is -2.28. The maximum atomic E-state index is 11.4. The maximum absolute atomic E-state index is 11.4. The normalized spacial score (nSPS) is 18.6. The number of rotatable bonds is 6. The zero-order valence-corrected chi connectivity index (χ0v) is 9.61. The van der Waals surface area contributed by atoms with Crippen LogP contribution >= 0.6 is 0 Å². The Kier molecular flexibility index (Phi) is 3.32. The third-order valence-electron chi connectivity index (χ3n) is 2.56. The van der Waals surface area contributed by atoms with Crippen LogP contribution in [-0.2, 0) is 10.0 Å². The first kappa shape index (κ1) is 11.6. The zero-order valence-electron chi connectivity index (χ0n) is 8.80. The number of sulfonamides is 1. The van der Waals surface area contributed by atoms with Gasteiger partial charge in [0.2, 0.25) is 10.0 Å². The minimum absolute atomic E-state index is 0.215. The van der Waals surface area contributed by atoms with Crippen LogP contribution in [0.25, 0.3) is 0 Å². The fourth-order valence-electron chi connectivity index (χ4n) is 1.46. The molecule has 2 N–H and O–H groups in total. The highest BCUT2D eigenvalue weighted by Gasteiger charge is 2.35. The van der Waals surface area contributed by atoms with Crippen molar-refractivity contribution in [1.82, 2.24) is 4.72 Å². The zero-order chi connectivity index (χ0) is 11.6. The van der Waals surface area contributed by atoms with E-state index in [0.29, 0.717) is 12.2 Å². The van der Waals surface area contributed by atoms with Gasteiger partial charge in [-0.25, -0.2) is 13.1 Å². The van der Waals surface area contributed by atoms with E-state index in [0.717, 1.165) is 12.8 Å². The first-order valence-electron chi connectivity index (χ1n) is 5.29. The molecule has 1 aliphatic carbocycles. The summed E-state index contributed by atoms with van der Waals surface area (Å²) in [6.45, 7) is 0.237. The summed E-state index contributed by atoms with van der Waals surface area (Å²) in [6, 6.07) is 3.35. The number of aliphatic hydroxyl groups excluding tert-OH is 1. The van der Waals surface area contributed by atoms with Crippen LogP contribution in [0.3, 0.4) is 0 Å². The Labute approximate surface area is 94.5 Å². The maximum Gasteiger partial charge on any atom is 0.214 e. The van der Waals surface area contributed by atoms with Crippen LogP contribution in [-0.4, -0.2) is 25.3 Å². The largest absolute Gasteiger partial charge is 0.467 e. The molecule has 2 rings (SSSR count). The summed E-state index contributed by atoms with van der Waals surface area (Å²) in [7, 11) is -3.14. The van der Waals surface area contributed by atoms with Crippen molar-refractivity contribution in [3.05, 3.63) is 24.2 Å². The molecule has 6 heteroatoms. The second-order valence-electron chi connectivity index (χ2n) is 3.96. The van der Waals surface area contributed by atoms with Crippen LogP contribution in [0.1, 0.15) is 31.1 Å². The summed E-state index contributed by atoms with van der Waals surface area (Å²) in [5, 5.41) is 9.42. The van der Waals surface area contributed by atoms with Gasteiger partial charge in [0.25, 0.3) is 0 Å². The van der Waals surface area contributed by atoms with Crippen molar-refractivity contribution in [2.24, 2.45) is 0 Å². The van der Waals surface area contributed by atoms with E-state index >= 15 is 0 Å². The molecule has 0 saturated heterocycles. The molecule has 0 aliphatic heterocycles. The molecular weight excluding hydrogens is 230 g/mol. The molecule has 0 spiro atoms. The van der Waals surface area contributed by atoms with Crippen LogP contribution in [0, 0.1) is 0 Å². The minimum atomic E-state index is -3.14. The molecule has 16 heavy (non-hydrogen) atoms. The van der Waals surface area contributed by atoms with Gasteiger partial charge in [-0.1, -0.05) is 0 Å². The lowest BCUT2D eigenvalue weighted by Gasteiger charge is -2.08. The van der Waals surface area contributed by atoms with Gasteiger partial charge in [-0.2, -0.15) is 0 Å². The van der Waals surface area contributed by atoms with Crippen molar-refractivity contribution in [1.29, 1.82) is 0 Å². The van der Waals surface area contributed by atoms with Crippen LogP contribution in [0.5, 0.6) is 0 Å². The Morgan fingerprint density at radius 1 is 1.56 bits per heavy atom. The van der Waals surface area contributed by atoms with Gasteiger partial charge in [-0.3, -0.25) is 0 Å². The molecule has 0 amide bonds. The van der Waals surface area contributed by atoms with Crippen LogP contribution in [0.2, 0.25) is 0 Å². The van der Waals surface area contributed by atoms with Crippen molar-refractivity contribution in [3.8, 4) is 0 Å². The Balaban J connectivity index is 1.76. The molecule has 1 saturated carbocycles. The standard InChI is InChI=1S/C10H15NO4S/c12-9(10-2-1-7-15-10)5-6-11-16(13,14)8-3-4-8/h1-2,7-9,11-12H,3-6H2/t9-/m0/s1. The predicted molar refractivity (Wildman–Crippen MR) is 58.2 cm³/mol. The average Bonchev–Trinajstić information content (AvgIpc) is 2.95. The first-order chi connectivity index (χ1) is 7.59. The minimum Gasteiger partial charge on any atom is -0.467 e. The SMILES string of the molecule is O=S(=O)(NCC[C@H](O)c1ccco1)C1CC1.